The third-order valence-corrected chi connectivity index (χ3v) is 5.16. The van der Waals surface area contributed by atoms with E-state index in [2.05, 4.69) is 44.6 Å². The standard InChI is InChI=1S/C20H33N7.HI/c1-16-12-17(2)15-26(14-16)10-7-5-9-22-20(21-3)23-13-19-25-24-18-8-4-6-11-27(18)19;/h4,6,8,11,16-17H,5,7,9-10,12-15H2,1-3H3,(H2,21,22,23);1H. The summed E-state index contributed by atoms with van der Waals surface area (Å²) in [7, 11) is 1.80. The highest BCUT2D eigenvalue weighted by atomic mass is 127. The minimum atomic E-state index is 0. The van der Waals surface area contributed by atoms with E-state index in [1.165, 1.54) is 32.5 Å². The van der Waals surface area contributed by atoms with Gasteiger partial charge in [0.25, 0.3) is 0 Å². The Kier molecular flexibility index (Phi) is 9.43. The number of piperidine rings is 1. The van der Waals surface area contributed by atoms with E-state index in [0.29, 0.717) is 6.54 Å². The zero-order chi connectivity index (χ0) is 19.1. The predicted octanol–water partition coefficient (Wildman–Crippen LogP) is 2.77. The number of nitrogens with zero attached hydrogens (tertiary/aromatic N) is 5. The Hall–Kier alpha value is -1.42. The van der Waals surface area contributed by atoms with E-state index in [9.17, 15) is 0 Å². The van der Waals surface area contributed by atoms with Crippen molar-refractivity contribution in [1.29, 1.82) is 0 Å². The Morgan fingerprint density at radius 3 is 2.68 bits per heavy atom. The average molecular weight is 499 g/mol. The third kappa shape index (κ3) is 6.58. The summed E-state index contributed by atoms with van der Waals surface area (Å²) >= 11 is 0. The highest BCUT2D eigenvalue weighted by Crippen LogP contribution is 2.20. The van der Waals surface area contributed by atoms with Gasteiger partial charge in [0.2, 0.25) is 0 Å². The molecule has 3 heterocycles. The van der Waals surface area contributed by atoms with Crippen LogP contribution in [0.25, 0.3) is 5.65 Å². The van der Waals surface area contributed by atoms with Crippen molar-refractivity contribution in [3.05, 3.63) is 30.2 Å². The van der Waals surface area contributed by atoms with E-state index in [-0.39, 0.29) is 24.0 Å². The van der Waals surface area contributed by atoms with Crippen molar-refractivity contribution in [2.75, 3.05) is 33.2 Å². The van der Waals surface area contributed by atoms with Crippen molar-refractivity contribution in [2.45, 2.75) is 39.7 Å². The Balaban J connectivity index is 0.00000280. The molecule has 2 unspecified atom stereocenters. The van der Waals surface area contributed by atoms with E-state index in [1.807, 2.05) is 28.8 Å². The third-order valence-electron chi connectivity index (χ3n) is 5.16. The van der Waals surface area contributed by atoms with E-state index in [4.69, 9.17) is 0 Å². The van der Waals surface area contributed by atoms with Crippen LogP contribution in [0.15, 0.2) is 29.4 Å². The quantitative estimate of drug-likeness (QED) is 0.266. The molecule has 1 fully saturated rings. The minimum Gasteiger partial charge on any atom is -0.356 e. The maximum atomic E-state index is 4.30. The van der Waals surface area contributed by atoms with Gasteiger partial charge in [0, 0.05) is 32.9 Å². The van der Waals surface area contributed by atoms with E-state index < -0.39 is 0 Å². The summed E-state index contributed by atoms with van der Waals surface area (Å²) < 4.78 is 1.99. The lowest BCUT2D eigenvalue weighted by Gasteiger charge is -2.34. The molecule has 2 aromatic rings. The van der Waals surface area contributed by atoms with Crippen LogP contribution >= 0.6 is 24.0 Å². The Labute approximate surface area is 185 Å². The van der Waals surface area contributed by atoms with Crippen molar-refractivity contribution in [3.63, 3.8) is 0 Å². The summed E-state index contributed by atoms with van der Waals surface area (Å²) in [5.74, 6) is 3.36. The molecule has 0 radical (unpaired) electrons. The molecule has 156 valence electrons. The van der Waals surface area contributed by atoms with Crippen LogP contribution in [0.1, 0.15) is 38.9 Å². The molecule has 0 spiro atoms. The number of guanidine groups is 1. The number of fused-ring (bicyclic) bond motifs is 1. The molecular formula is C20H34IN7. The summed E-state index contributed by atoms with van der Waals surface area (Å²) in [5, 5.41) is 15.1. The van der Waals surface area contributed by atoms with Gasteiger partial charge >= 0.3 is 0 Å². The van der Waals surface area contributed by atoms with Gasteiger partial charge in [-0.25, -0.2) is 0 Å². The number of aliphatic imine (C=N–C) groups is 1. The summed E-state index contributed by atoms with van der Waals surface area (Å²) in [6.45, 7) is 9.99. The normalized spacial score (nSPS) is 20.8. The lowest BCUT2D eigenvalue weighted by atomic mass is 9.92. The van der Waals surface area contributed by atoms with E-state index >= 15 is 0 Å². The Morgan fingerprint density at radius 1 is 1.14 bits per heavy atom. The van der Waals surface area contributed by atoms with Crippen LogP contribution in [-0.4, -0.2) is 58.7 Å². The Bertz CT molecular complexity index is 735. The second kappa shape index (κ2) is 11.5. The fourth-order valence-corrected chi connectivity index (χ4v) is 4.04. The lowest BCUT2D eigenvalue weighted by Crippen LogP contribution is -2.40. The smallest absolute Gasteiger partial charge is 0.191 e. The average Bonchev–Trinajstić information content (AvgIpc) is 3.06. The molecule has 0 saturated carbocycles. The minimum absolute atomic E-state index is 0. The second-order valence-corrected chi connectivity index (χ2v) is 7.81. The molecule has 0 bridgehead atoms. The molecule has 2 atom stereocenters. The van der Waals surface area contributed by atoms with E-state index in [0.717, 1.165) is 42.2 Å². The van der Waals surface area contributed by atoms with Gasteiger partial charge in [-0.2, -0.15) is 0 Å². The van der Waals surface area contributed by atoms with Crippen molar-refractivity contribution < 1.29 is 0 Å². The fourth-order valence-electron chi connectivity index (χ4n) is 4.04. The number of hydrogen-bond acceptors (Lipinski definition) is 4. The molecule has 0 amide bonds. The van der Waals surface area contributed by atoms with Crippen LogP contribution in [-0.2, 0) is 6.54 Å². The van der Waals surface area contributed by atoms with Crippen LogP contribution < -0.4 is 10.6 Å². The first-order valence-corrected chi connectivity index (χ1v) is 10.1. The molecule has 2 N–H and O–H groups in total. The van der Waals surface area contributed by atoms with Gasteiger partial charge < -0.3 is 15.5 Å². The van der Waals surface area contributed by atoms with Gasteiger partial charge in [-0.15, -0.1) is 34.2 Å². The van der Waals surface area contributed by atoms with E-state index in [1.54, 1.807) is 7.05 Å². The number of rotatable bonds is 7. The molecule has 2 aromatic heterocycles. The summed E-state index contributed by atoms with van der Waals surface area (Å²) in [4.78, 5) is 6.93. The first-order valence-electron chi connectivity index (χ1n) is 10.1. The number of likely N-dealkylation sites (tertiary alicyclic amines) is 1. The van der Waals surface area contributed by atoms with Crippen molar-refractivity contribution in [1.82, 2.24) is 30.1 Å². The van der Waals surface area contributed by atoms with Gasteiger partial charge in [-0.1, -0.05) is 19.9 Å². The zero-order valence-corrected chi connectivity index (χ0v) is 19.6. The van der Waals surface area contributed by atoms with Gasteiger partial charge in [0.1, 0.15) is 0 Å². The van der Waals surface area contributed by atoms with Gasteiger partial charge in [-0.05, 0) is 49.8 Å². The highest BCUT2D eigenvalue weighted by Gasteiger charge is 2.20. The number of unbranched alkanes of at least 4 members (excludes halogenated alkanes) is 1. The maximum absolute atomic E-state index is 4.30. The zero-order valence-electron chi connectivity index (χ0n) is 17.3. The lowest BCUT2D eigenvalue weighted by molar-refractivity contribution is 0.139. The summed E-state index contributed by atoms with van der Waals surface area (Å²) in [6, 6.07) is 5.90. The number of halogens is 1. The summed E-state index contributed by atoms with van der Waals surface area (Å²) in [6.07, 6.45) is 5.72. The topological polar surface area (TPSA) is 69.8 Å². The second-order valence-electron chi connectivity index (χ2n) is 7.81. The molecule has 7 nitrogen and oxygen atoms in total. The van der Waals surface area contributed by atoms with Gasteiger partial charge in [-0.3, -0.25) is 9.39 Å². The molecule has 1 aliphatic heterocycles. The number of nitrogens with one attached hydrogen (secondary N) is 2. The molecular weight excluding hydrogens is 465 g/mol. The van der Waals surface area contributed by atoms with Gasteiger partial charge in [0.15, 0.2) is 17.4 Å². The molecule has 0 aliphatic carbocycles. The van der Waals surface area contributed by atoms with Crippen LogP contribution in [0, 0.1) is 11.8 Å². The molecule has 28 heavy (non-hydrogen) atoms. The summed E-state index contributed by atoms with van der Waals surface area (Å²) in [5.41, 5.74) is 0.860. The maximum Gasteiger partial charge on any atom is 0.191 e. The van der Waals surface area contributed by atoms with Crippen molar-refractivity contribution >= 4 is 35.6 Å². The SMILES string of the molecule is CN=C(NCCCCN1CC(C)CC(C)C1)NCc1nnc2ccccn12.I. The predicted molar refractivity (Wildman–Crippen MR) is 125 cm³/mol. The molecule has 0 aromatic carbocycles. The largest absolute Gasteiger partial charge is 0.356 e. The van der Waals surface area contributed by atoms with Crippen LogP contribution in [0.3, 0.4) is 0 Å². The first kappa shape index (κ1) is 22.9. The fraction of sp³-hybridized carbons (Fsp3) is 0.650. The van der Waals surface area contributed by atoms with Gasteiger partial charge in [0.05, 0.1) is 6.54 Å². The molecule has 8 heteroatoms. The Morgan fingerprint density at radius 2 is 1.93 bits per heavy atom. The van der Waals surface area contributed by atoms with Crippen LogP contribution in [0.5, 0.6) is 0 Å². The first-order chi connectivity index (χ1) is 13.2. The van der Waals surface area contributed by atoms with Crippen LogP contribution in [0.4, 0.5) is 0 Å². The molecule has 3 rings (SSSR count). The number of aromatic nitrogens is 3. The molecule has 1 saturated heterocycles. The van der Waals surface area contributed by atoms with Crippen molar-refractivity contribution in [2.24, 2.45) is 16.8 Å². The molecule has 1 aliphatic rings. The van der Waals surface area contributed by atoms with Crippen LogP contribution in [0.2, 0.25) is 0 Å². The number of hydrogen-bond donors (Lipinski definition) is 2. The highest BCUT2D eigenvalue weighted by molar-refractivity contribution is 14.0. The monoisotopic (exact) mass is 499 g/mol. The number of pyridine rings is 1. The van der Waals surface area contributed by atoms with Crippen molar-refractivity contribution in [3.8, 4) is 0 Å².